The van der Waals surface area contributed by atoms with Crippen LogP contribution in [-0.4, -0.2) is 37.1 Å². The summed E-state index contributed by atoms with van der Waals surface area (Å²) in [5.74, 6) is 2.17. The molecule has 0 unspecified atom stereocenters. The van der Waals surface area contributed by atoms with Gasteiger partial charge in [-0.3, -0.25) is 4.79 Å². The van der Waals surface area contributed by atoms with Gasteiger partial charge >= 0.3 is 0 Å². The van der Waals surface area contributed by atoms with E-state index in [9.17, 15) is 4.79 Å². The highest BCUT2D eigenvalue weighted by Gasteiger charge is 2.16. The van der Waals surface area contributed by atoms with E-state index in [1.807, 2.05) is 104 Å². The molecular weight excluding hydrogens is 570 g/mol. The second-order valence-corrected chi connectivity index (χ2v) is 12.0. The minimum absolute atomic E-state index is 0.0803. The number of nitrogens with zero attached hydrogens (tertiary/aromatic N) is 5. The number of aromatic nitrogens is 5. The Kier molecular flexibility index (Phi) is 8.56. The Hall–Kier alpha value is -4.76. The second kappa shape index (κ2) is 12.9. The molecule has 0 saturated heterocycles. The average Bonchev–Trinajstić information content (AvgIpc) is 3.72. The number of rotatable bonds is 11. The van der Waals surface area contributed by atoms with E-state index in [4.69, 9.17) is 14.6 Å². The van der Waals surface area contributed by atoms with Crippen molar-refractivity contribution in [1.82, 2.24) is 24.4 Å². The third-order valence-electron chi connectivity index (χ3n) is 7.17. The molecule has 0 atom stereocenters. The lowest BCUT2D eigenvalue weighted by atomic mass is 10.0. The van der Waals surface area contributed by atoms with Gasteiger partial charge in [0.2, 0.25) is 4.96 Å². The highest BCUT2D eigenvalue weighted by Crippen LogP contribution is 2.30. The molecule has 8 nitrogen and oxygen atoms in total. The van der Waals surface area contributed by atoms with Crippen LogP contribution >= 0.6 is 11.3 Å². The summed E-state index contributed by atoms with van der Waals surface area (Å²) in [5.41, 5.74) is 5.09. The molecule has 0 amide bonds. The molecule has 224 valence electrons. The first-order valence-electron chi connectivity index (χ1n) is 15.0. The van der Waals surface area contributed by atoms with Crippen molar-refractivity contribution < 1.29 is 9.47 Å². The Bertz CT molecular complexity index is 1990. The third kappa shape index (κ3) is 6.28. The van der Waals surface area contributed by atoms with Crippen LogP contribution in [0.5, 0.6) is 11.5 Å². The van der Waals surface area contributed by atoms with Crippen LogP contribution in [0.25, 0.3) is 39.4 Å². The number of aryl methyl sites for hydroxylation is 1. The van der Waals surface area contributed by atoms with Gasteiger partial charge in [-0.25, -0.2) is 4.68 Å². The first-order chi connectivity index (χ1) is 21.4. The molecule has 3 aromatic carbocycles. The Morgan fingerprint density at radius 2 is 1.73 bits per heavy atom. The van der Waals surface area contributed by atoms with E-state index in [0.29, 0.717) is 21.9 Å². The molecule has 6 aromatic rings. The highest BCUT2D eigenvalue weighted by atomic mass is 32.1. The smallest absolute Gasteiger partial charge is 0.291 e. The summed E-state index contributed by atoms with van der Waals surface area (Å²) in [7, 11) is 0. The van der Waals surface area contributed by atoms with Crippen LogP contribution in [0.3, 0.4) is 0 Å². The Labute approximate surface area is 260 Å². The van der Waals surface area contributed by atoms with Gasteiger partial charge in [-0.2, -0.15) is 14.6 Å². The number of unbranched alkanes of at least 4 members (excludes halogenated alkanes) is 2. The van der Waals surface area contributed by atoms with Gasteiger partial charge in [-0.15, -0.1) is 5.10 Å². The summed E-state index contributed by atoms with van der Waals surface area (Å²) in [6, 6.07) is 23.7. The summed E-state index contributed by atoms with van der Waals surface area (Å²) in [4.78, 5) is 18.7. The van der Waals surface area contributed by atoms with Gasteiger partial charge in [-0.05, 0) is 93.4 Å². The first kappa shape index (κ1) is 29.3. The molecule has 0 aliphatic rings. The van der Waals surface area contributed by atoms with Crippen molar-refractivity contribution in [3.8, 4) is 39.8 Å². The molecule has 3 heterocycles. The van der Waals surface area contributed by atoms with Gasteiger partial charge in [0.05, 0.1) is 22.9 Å². The molecule has 0 aliphatic heterocycles. The summed E-state index contributed by atoms with van der Waals surface area (Å²) < 4.78 is 15.5. The van der Waals surface area contributed by atoms with Gasteiger partial charge in [0.15, 0.2) is 5.82 Å². The van der Waals surface area contributed by atoms with Crippen molar-refractivity contribution in [3.05, 3.63) is 105 Å². The molecule has 9 heteroatoms. The lowest BCUT2D eigenvalue weighted by molar-refractivity contribution is 0.241. The molecule has 0 aliphatic carbocycles. The Morgan fingerprint density at radius 3 is 2.43 bits per heavy atom. The van der Waals surface area contributed by atoms with Gasteiger partial charge in [0, 0.05) is 22.9 Å². The van der Waals surface area contributed by atoms with Crippen molar-refractivity contribution in [2.45, 2.75) is 53.1 Å². The fourth-order valence-corrected chi connectivity index (χ4v) is 5.85. The quantitative estimate of drug-likeness (QED) is 0.150. The fourth-order valence-electron chi connectivity index (χ4n) is 4.95. The van der Waals surface area contributed by atoms with Crippen LogP contribution in [0, 0.1) is 6.92 Å². The summed E-state index contributed by atoms with van der Waals surface area (Å²) in [5, 5.41) is 9.48. The molecule has 0 spiro atoms. The maximum atomic E-state index is 13.5. The molecule has 44 heavy (non-hydrogen) atoms. The van der Waals surface area contributed by atoms with Crippen molar-refractivity contribution >= 4 is 22.4 Å². The van der Waals surface area contributed by atoms with E-state index >= 15 is 0 Å². The van der Waals surface area contributed by atoms with Crippen LogP contribution in [0.15, 0.2) is 83.8 Å². The number of fused-ring (bicyclic) bond motifs is 1. The van der Waals surface area contributed by atoms with Crippen molar-refractivity contribution in [2.24, 2.45) is 0 Å². The summed E-state index contributed by atoms with van der Waals surface area (Å²) >= 11 is 1.31. The standard InChI is InChI=1S/C35H35N5O3S/c1-5-6-10-19-42-29-16-13-25(14-17-29)33-36-35-40(38-33)34(41)31(44-35)21-27-22-39(28-11-8-7-9-12-28)37-32(27)26-15-18-30(24(4)20-26)43-23(2)3/h7-9,11-18,20-23H,5-6,10,19H2,1-4H3. The molecule has 0 fully saturated rings. The number of thiazole rings is 1. The summed E-state index contributed by atoms with van der Waals surface area (Å²) in [6.07, 6.45) is 7.26. The second-order valence-electron chi connectivity index (χ2n) is 11.0. The van der Waals surface area contributed by atoms with E-state index in [1.165, 1.54) is 15.9 Å². The van der Waals surface area contributed by atoms with Crippen LogP contribution in [0.4, 0.5) is 0 Å². The zero-order valence-corrected chi connectivity index (χ0v) is 26.2. The minimum atomic E-state index is -0.213. The van der Waals surface area contributed by atoms with E-state index in [2.05, 4.69) is 23.1 Å². The number of hydrogen-bond donors (Lipinski definition) is 0. The average molecular weight is 606 g/mol. The molecule has 0 radical (unpaired) electrons. The maximum absolute atomic E-state index is 13.5. The molecule has 0 saturated carbocycles. The zero-order chi connectivity index (χ0) is 30.6. The molecule has 0 N–H and O–H groups in total. The topological polar surface area (TPSA) is 83.5 Å². The lowest BCUT2D eigenvalue weighted by Crippen LogP contribution is -2.23. The van der Waals surface area contributed by atoms with Crippen LogP contribution in [0.2, 0.25) is 0 Å². The van der Waals surface area contributed by atoms with Crippen molar-refractivity contribution in [2.75, 3.05) is 6.61 Å². The highest BCUT2D eigenvalue weighted by molar-refractivity contribution is 7.15. The Balaban J connectivity index is 1.34. The van der Waals surface area contributed by atoms with Gasteiger partial charge in [-0.1, -0.05) is 49.3 Å². The van der Waals surface area contributed by atoms with Gasteiger partial charge in [0.25, 0.3) is 5.56 Å². The predicted molar refractivity (Wildman–Crippen MR) is 176 cm³/mol. The monoisotopic (exact) mass is 605 g/mol. The Morgan fingerprint density at radius 1 is 0.955 bits per heavy atom. The largest absolute Gasteiger partial charge is 0.494 e. The van der Waals surface area contributed by atoms with Gasteiger partial charge in [0.1, 0.15) is 17.2 Å². The number of benzene rings is 3. The molecule has 0 bridgehead atoms. The first-order valence-corrected chi connectivity index (χ1v) is 15.8. The van der Waals surface area contributed by atoms with E-state index in [1.54, 1.807) is 0 Å². The van der Waals surface area contributed by atoms with Crippen LogP contribution < -0.4 is 19.6 Å². The number of para-hydroxylation sites is 1. The van der Waals surface area contributed by atoms with Crippen LogP contribution in [-0.2, 0) is 0 Å². The normalized spacial score (nSPS) is 12.0. The van der Waals surface area contributed by atoms with Crippen LogP contribution in [0.1, 0.15) is 51.2 Å². The maximum Gasteiger partial charge on any atom is 0.291 e. The lowest BCUT2D eigenvalue weighted by Gasteiger charge is -2.13. The predicted octanol–water partition coefficient (Wildman–Crippen LogP) is 6.88. The summed E-state index contributed by atoms with van der Waals surface area (Å²) in [6.45, 7) is 8.93. The molecule has 6 rings (SSSR count). The molecular formula is C35H35N5O3S. The molecule has 3 aromatic heterocycles. The van der Waals surface area contributed by atoms with Crippen molar-refractivity contribution in [3.63, 3.8) is 0 Å². The number of hydrogen-bond acceptors (Lipinski definition) is 7. The third-order valence-corrected chi connectivity index (χ3v) is 8.13. The van der Waals surface area contributed by atoms with E-state index in [0.717, 1.165) is 64.4 Å². The van der Waals surface area contributed by atoms with E-state index in [-0.39, 0.29) is 11.7 Å². The number of ether oxygens (including phenoxy) is 2. The minimum Gasteiger partial charge on any atom is -0.494 e. The zero-order valence-electron chi connectivity index (χ0n) is 25.4. The SMILES string of the molecule is CCCCCOc1ccc(-c2nc3sc(=Cc4cn(-c5ccccc5)nc4-c4ccc(OC(C)C)c(C)c4)c(=O)n3n2)cc1. The van der Waals surface area contributed by atoms with Gasteiger partial charge < -0.3 is 9.47 Å². The van der Waals surface area contributed by atoms with E-state index < -0.39 is 0 Å². The fraction of sp³-hybridized carbons (Fsp3) is 0.257. The van der Waals surface area contributed by atoms with Crippen molar-refractivity contribution in [1.29, 1.82) is 0 Å².